The second-order valence-electron chi connectivity index (χ2n) is 0.577. The van der Waals surface area contributed by atoms with Crippen LogP contribution in [0.15, 0.2) is 12.7 Å². The van der Waals surface area contributed by atoms with Crippen LogP contribution in [0.25, 0.3) is 0 Å². The van der Waals surface area contributed by atoms with E-state index in [4.69, 9.17) is 11.8 Å². The van der Waals surface area contributed by atoms with Crippen molar-refractivity contribution in [1.82, 2.24) is 0 Å². The van der Waals surface area contributed by atoms with Crippen molar-refractivity contribution in [3.05, 3.63) is 26.2 Å². The molecule has 0 rings (SSSR count). The van der Waals surface area contributed by atoms with Gasteiger partial charge in [0, 0.05) is 0 Å². The van der Waals surface area contributed by atoms with Gasteiger partial charge in [-0.05, 0) is 0 Å². The third-order valence-corrected chi connectivity index (χ3v) is 0.204. The number of hydrogen-bond donors (Lipinski definition) is 0. The van der Waals surface area contributed by atoms with E-state index in [0.29, 0.717) is 0 Å². The van der Waals surface area contributed by atoms with E-state index in [2.05, 4.69) is 13.5 Å². The maximum atomic E-state index is 6.25. The Bertz CT molecular complexity index is 44.9. The SMILES string of the molecule is C=CC[CH2-].[C-]#N.[Cu+].[Li+]. The summed E-state index contributed by atoms with van der Waals surface area (Å²) in [7, 11) is 0. The van der Waals surface area contributed by atoms with Crippen molar-refractivity contribution in [2.24, 2.45) is 0 Å². The maximum Gasteiger partial charge on any atom is 1.00 e. The first-order chi connectivity index (χ1) is 2.91. The average Bonchev–Trinajstić information content (AvgIpc) is 1.72. The first-order valence-electron chi connectivity index (χ1n) is 1.54. The van der Waals surface area contributed by atoms with Crippen molar-refractivity contribution in [1.29, 1.82) is 5.26 Å². The second-order valence-corrected chi connectivity index (χ2v) is 0.577. The third-order valence-electron chi connectivity index (χ3n) is 0.204. The predicted molar refractivity (Wildman–Crippen MR) is 25.1 cm³/mol. The summed E-state index contributed by atoms with van der Waals surface area (Å²) in [6, 6.07) is 0. The van der Waals surface area contributed by atoms with Gasteiger partial charge in [-0.1, -0.05) is 0 Å². The number of allylic oxidation sites excluding steroid dienone is 1. The summed E-state index contributed by atoms with van der Waals surface area (Å²) in [5.74, 6) is 0. The minimum atomic E-state index is 0. The van der Waals surface area contributed by atoms with E-state index < -0.39 is 0 Å². The van der Waals surface area contributed by atoms with Gasteiger partial charge in [-0.2, -0.15) is 6.42 Å². The van der Waals surface area contributed by atoms with Crippen LogP contribution in [-0.2, 0) is 17.1 Å². The van der Waals surface area contributed by atoms with Gasteiger partial charge in [0.15, 0.2) is 0 Å². The van der Waals surface area contributed by atoms with E-state index >= 15 is 0 Å². The molecule has 0 spiro atoms. The smallest absolute Gasteiger partial charge is 0.512 e. The molecular weight excluding hydrogens is 145 g/mol. The molecule has 0 aliphatic rings. The van der Waals surface area contributed by atoms with Crippen LogP contribution in [0.3, 0.4) is 0 Å². The molecule has 3 heteroatoms. The summed E-state index contributed by atoms with van der Waals surface area (Å²) < 4.78 is 0. The Morgan fingerprint density at radius 1 is 1.62 bits per heavy atom. The van der Waals surface area contributed by atoms with Crippen LogP contribution in [0.4, 0.5) is 0 Å². The molecule has 8 heavy (non-hydrogen) atoms. The molecule has 0 bridgehead atoms. The molecule has 44 valence electrons. The zero-order valence-corrected chi connectivity index (χ0v) is 5.89. The molecular formula is C5H7CuLiN. The molecule has 0 aliphatic heterocycles. The van der Waals surface area contributed by atoms with E-state index in [1.165, 1.54) is 0 Å². The van der Waals surface area contributed by atoms with Crippen molar-refractivity contribution in [2.45, 2.75) is 6.42 Å². The van der Waals surface area contributed by atoms with Gasteiger partial charge in [0.05, 0.1) is 0 Å². The summed E-state index contributed by atoms with van der Waals surface area (Å²) >= 11 is 0. The minimum absolute atomic E-state index is 0. The molecule has 0 fully saturated rings. The Kier molecular flexibility index (Phi) is 160. The molecule has 0 heterocycles. The Labute approximate surface area is 73.8 Å². The van der Waals surface area contributed by atoms with Crippen LogP contribution >= 0.6 is 0 Å². The van der Waals surface area contributed by atoms with Gasteiger partial charge in [0.1, 0.15) is 0 Å². The standard InChI is InChI=1S/C4H7.CN.Cu.Li/c1-3-4-2;1-2;;/h3H,1-2,4H2;;;/q2*-1;2*+1. The Morgan fingerprint density at radius 3 is 1.75 bits per heavy atom. The van der Waals surface area contributed by atoms with E-state index in [1.807, 2.05) is 0 Å². The van der Waals surface area contributed by atoms with Crippen LogP contribution in [0, 0.1) is 18.8 Å². The van der Waals surface area contributed by atoms with Crippen LogP contribution < -0.4 is 18.9 Å². The van der Waals surface area contributed by atoms with Gasteiger partial charge < -0.3 is 18.8 Å². The molecule has 0 aromatic carbocycles. The topological polar surface area (TPSA) is 23.8 Å². The normalized spacial score (nSPS) is 3.38. The van der Waals surface area contributed by atoms with Gasteiger partial charge in [-0.3, -0.25) is 0 Å². The monoisotopic (exact) mass is 151 g/mol. The summed E-state index contributed by atoms with van der Waals surface area (Å²) in [6.07, 6.45) is 2.60. The maximum absolute atomic E-state index is 6.25. The van der Waals surface area contributed by atoms with Crippen LogP contribution in [0.2, 0.25) is 0 Å². The fourth-order valence-electron chi connectivity index (χ4n) is 0. The van der Waals surface area contributed by atoms with Crippen LogP contribution in [0.5, 0.6) is 0 Å². The van der Waals surface area contributed by atoms with Crippen molar-refractivity contribution < 1.29 is 35.9 Å². The van der Waals surface area contributed by atoms with Crippen LogP contribution in [-0.4, -0.2) is 0 Å². The zero-order chi connectivity index (χ0) is 5.41. The summed E-state index contributed by atoms with van der Waals surface area (Å²) in [6.45, 7) is 11.7. The Hall–Kier alpha value is 0.347. The predicted octanol–water partition coefficient (Wildman–Crippen LogP) is -1.51. The van der Waals surface area contributed by atoms with Gasteiger partial charge in [0.25, 0.3) is 0 Å². The number of nitrogens with zero attached hydrogens (tertiary/aromatic N) is 1. The van der Waals surface area contributed by atoms with E-state index in [1.54, 1.807) is 6.08 Å². The van der Waals surface area contributed by atoms with Gasteiger partial charge in [-0.15, -0.1) is 12.7 Å². The van der Waals surface area contributed by atoms with Crippen molar-refractivity contribution in [3.8, 4) is 0 Å². The first-order valence-corrected chi connectivity index (χ1v) is 1.54. The minimum Gasteiger partial charge on any atom is -0.512 e. The fraction of sp³-hybridized carbons (Fsp3) is 0.200. The summed E-state index contributed by atoms with van der Waals surface area (Å²) in [4.78, 5) is 0. The molecule has 0 atom stereocenters. The van der Waals surface area contributed by atoms with Gasteiger partial charge in [-0.25, -0.2) is 0 Å². The molecule has 0 unspecified atom stereocenters. The van der Waals surface area contributed by atoms with E-state index in [9.17, 15) is 0 Å². The number of rotatable bonds is 1. The fourth-order valence-corrected chi connectivity index (χ4v) is 0. The molecule has 0 aliphatic carbocycles. The van der Waals surface area contributed by atoms with Crippen molar-refractivity contribution in [2.75, 3.05) is 0 Å². The Morgan fingerprint density at radius 2 is 1.75 bits per heavy atom. The molecule has 0 N–H and O–H groups in total. The molecule has 0 aromatic heterocycles. The first kappa shape index (κ1) is 23.8. The quantitative estimate of drug-likeness (QED) is 0.254. The van der Waals surface area contributed by atoms with Gasteiger partial charge >= 0.3 is 35.9 Å². The van der Waals surface area contributed by atoms with E-state index in [-0.39, 0.29) is 35.9 Å². The average molecular weight is 152 g/mol. The van der Waals surface area contributed by atoms with E-state index in [0.717, 1.165) is 6.42 Å². The zero-order valence-electron chi connectivity index (χ0n) is 4.95. The molecule has 0 radical (unpaired) electrons. The van der Waals surface area contributed by atoms with Crippen molar-refractivity contribution in [3.63, 3.8) is 0 Å². The second kappa shape index (κ2) is 53.7. The number of hydrogen-bond acceptors (Lipinski definition) is 1. The largest absolute Gasteiger partial charge is 1.00 e. The van der Waals surface area contributed by atoms with Crippen molar-refractivity contribution >= 4 is 0 Å². The third kappa shape index (κ3) is 100. The van der Waals surface area contributed by atoms with Crippen LogP contribution in [0.1, 0.15) is 6.42 Å². The Balaban J connectivity index is -0.0000000183. The summed E-state index contributed by atoms with van der Waals surface area (Å²) in [5.41, 5.74) is 0. The molecule has 0 saturated heterocycles. The molecule has 1 nitrogen and oxygen atoms in total. The molecule has 0 saturated carbocycles. The molecule has 0 aromatic rings. The van der Waals surface area contributed by atoms with Gasteiger partial charge in [0.2, 0.25) is 0 Å². The molecule has 0 amide bonds. The summed E-state index contributed by atoms with van der Waals surface area (Å²) in [5, 5.41) is 6.25.